The Hall–Kier alpha value is -2.74. The molecule has 3 aromatic carbocycles. The minimum Gasteiger partial charge on any atom is -0.497 e. The maximum absolute atomic E-state index is 5.32. The molecule has 0 bridgehead atoms. The summed E-state index contributed by atoms with van der Waals surface area (Å²) in [7, 11) is 1.71. The number of benzene rings is 3. The molecule has 0 radical (unpaired) electrons. The van der Waals surface area contributed by atoms with E-state index in [0.29, 0.717) is 6.04 Å². The van der Waals surface area contributed by atoms with Gasteiger partial charge in [0.25, 0.3) is 0 Å². The van der Waals surface area contributed by atoms with Crippen LogP contribution in [0.2, 0.25) is 0 Å². The summed E-state index contributed by atoms with van der Waals surface area (Å²) in [5.74, 6) is 0.901. The van der Waals surface area contributed by atoms with Crippen LogP contribution in [0, 0.1) is 0 Å². The third-order valence-corrected chi connectivity index (χ3v) is 5.67. The van der Waals surface area contributed by atoms with Crippen LogP contribution in [0.15, 0.2) is 84.9 Å². The lowest BCUT2D eigenvalue weighted by Gasteiger charge is -2.31. The summed E-state index contributed by atoms with van der Waals surface area (Å²) in [4.78, 5) is 2.53. The molecule has 0 spiro atoms. The molecule has 0 saturated carbocycles. The van der Waals surface area contributed by atoms with Gasteiger partial charge in [0.2, 0.25) is 0 Å². The number of ether oxygens (including phenoxy) is 1. The highest BCUT2D eigenvalue weighted by Crippen LogP contribution is 2.45. The summed E-state index contributed by atoms with van der Waals surface area (Å²) in [5, 5.41) is 0. The second-order valence-electron chi connectivity index (χ2n) is 7.19. The van der Waals surface area contributed by atoms with Crippen molar-refractivity contribution in [2.75, 3.05) is 18.6 Å². The van der Waals surface area contributed by atoms with Crippen LogP contribution >= 0.6 is 0 Å². The van der Waals surface area contributed by atoms with Crippen molar-refractivity contribution >= 4 is 5.69 Å². The highest BCUT2D eigenvalue weighted by Gasteiger charge is 2.44. The van der Waals surface area contributed by atoms with E-state index in [1.54, 1.807) is 7.11 Å². The Morgan fingerprint density at radius 2 is 1.35 bits per heavy atom. The Morgan fingerprint density at radius 1 is 0.808 bits per heavy atom. The summed E-state index contributed by atoms with van der Waals surface area (Å²) < 4.78 is 5.32. The molecular weight excluding hydrogens is 318 g/mol. The molecule has 0 N–H and O–H groups in total. The van der Waals surface area contributed by atoms with Crippen LogP contribution in [0.4, 0.5) is 5.69 Å². The van der Waals surface area contributed by atoms with E-state index in [0.717, 1.165) is 18.7 Å². The molecule has 1 aliphatic rings. The van der Waals surface area contributed by atoms with Crippen LogP contribution in [0.5, 0.6) is 5.75 Å². The molecule has 1 aliphatic heterocycles. The monoisotopic (exact) mass is 343 g/mol. The predicted octanol–water partition coefficient (Wildman–Crippen LogP) is 5.28. The summed E-state index contributed by atoms with van der Waals surface area (Å²) >= 11 is 0. The third-order valence-electron chi connectivity index (χ3n) is 5.67. The molecule has 132 valence electrons. The first-order valence-electron chi connectivity index (χ1n) is 9.25. The van der Waals surface area contributed by atoms with Gasteiger partial charge in [-0.2, -0.15) is 0 Å². The van der Waals surface area contributed by atoms with Gasteiger partial charge in [-0.1, -0.05) is 60.7 Å². The van der Waals surface area contributed by atoms with Crippen molar-refractivity contribution in [3.05, 3.63) is 96.1 Å². The molecule has 26 heavy (non-hydrogen) atoms. The standard InChI is InChI=1S/C24H25NO/c1-19-17-24(20-9-5-3-6-10-20,21-11-7-4-8-12-21)18-25(19)22-13-15-23(26-2)16-14-22/h3-16,19H,17-18H2,1-2H3. The molecule has 1 saturated heterocycles. The largest absolute Gasteiger partial charge is 0.497 e. The minimum absolute atomic E-state index is 0.0157. The zero-order valence-corrected chi connectivity index (χ0v) is 15.4. The highest BCUT2D eigenvalue weighted by molar-refractivity contribution is 5.55. The van der Waals surface area contributed by atoms with Crippen LogP contribution in [-0.4, -0.2) is 19.7 Å². The van der Waals surface area contributed by atoms with Crippen molar-refractivity contribution in [1.29, 1.82) is 0 Å². The second kappa shape index (κ2) is 6.87. The van der Waals surface area contributed by atoms with Gasteiger partial charge in [0, 0.05) is 23.7 Å². The molecule has 1 fully saturated rings. The summed E-state index contributed by atoms with van der Waals surface area (Å²) in [5.41, 5.74) is 4.07. The molecule has 0 aromatic heterocycles. The number of methoxy groups -OCH3 is 1. The van der Waals surface area contributed by atoms with E-state index >= 15 is 0 Å². The Balaban J connectivity index is 1.76. The fourth-order valence-electron chi connectivity index (χ4n) is 4.34. The van der Waals surface area contributed by atoms with Gasteiger partial charge in [0.15, 0.2) is 0 Å². The summed E-state index contributed by atoms with van der Waals surface area (Å²) in [6.07, 6.45) is 1.10. The van der Waals surface area contributed by atoms with Gasteiger partial charge >= 0.3 is 0 Å². The lowest BCUT2D eigenvalue weighted by Crippen LogP contribution is -2.33. The number of anilines is 1. The average Bonchev–Trinajstić information content (AvgIpc) is 3.08. The van der Waals surface area contributed by atoms with Gasteiger partial charge in [-0.3, -0.25) is 0 Å². The molecular formula is C24H25NO. The van der Waals surface area contributed by atoms with E-state index in [9.17, 15) is 0 Å². The molecule has 0 aliphatic carbocycles. The predicted molar refractivity (Wildman–Crippen MR) is 108 cm³/mol. The molecule has 2 nitrogen and oxygen atoms in total. The van der Waals surface area contributed by atoms with Gasteiger partial charge in [0.05, 0.1) is 7.11 Å². The quantitative estimate of drug-likeness (QED) is 0.639. The van der Waals surface area contributed by atoms with Crippen molar-refractivity contribution in [1.82, 2.24) is 0 Å². The number of rotatable bonds is 4. The molecule has 1 heterocycles. The van der Waals surface area contributed by atoms with Gasteiger partial charge in [-0.05, 0) is 48.7 Å². The van der Waals surface area contributed by atoms with E-state index in [4.69, 9.17) is 4.74 Å². The van der Waals surface area contributed by atoms with Crippen molar-refractivity contribution in [2.24, 2.45) is 0 Å². The van der Waals surface area contributed by atoms with Crippen molar-refractivity contribution in [3.63, 3.8) is 0 Å². The molecule has 2 heteroatoms. The van der Waals surface area contributed by atoms with Crippen LogP contribution in [0.1, 0.15) is 24.5 Å². The van der Waals surface area contributed by atoms with Gasteiger partial charge in [-0.25, -0.2) is 0 Å². The fraction of sp³-hybridized carbons (Fsp3) is 0.250. The zero-order chi connectivity index (χ0) is 18.0. The first-order valence-corrected chi connectivity index (χ1v) is 9.25. The lowest BCUT2D eigenvalue weighted by atomic mass is 9.73. The number of hydrogen-bond donors (Lipinski definition) is 0. The van der Waals surface area contributed by atoms with E-state index < -0.39 is 0 Å². The van der Waals surface area contributed by atoms with Crippen LogP contribution in [-0.2, 0) is 5.41 Å². The third kappa shape index (κ3) is 2.86. The summed E-state index contributed by atoms with van der Waals surface area (Å²) in [6, 6.07) is 30.8. The summed E-state index contributed by atoms with van der Waals surface area (Å²) in [6.45, 7) is 3.31. The van der Waals surface area contributed by atoms with Crippen molar-refractivity contribution < 1.29 is 4.74 Å². The maximum atomic E-state index is 5.32. The normalized spacial score (nSPS) is 18.7. The molecule has 4 rings (SSSR count). The van der Waals surface area contributed by atoms with Crippen molar-refractivity contribution in [2.45, 2.75) is 24.8 Å². The number of nitrogens with zero attached hydrogens (tertiary/aromatic N) is 1. The first-order chi connectivity index (χ1) is 12.7. The van der Waals surface area contributed by atoms with Gasteiger partial charge in [-0.15, -0.1) is 0 Å². The highest BCUT2D eigenvalue weighted by atomic mass is 16.5. The Bertz CT molecular complexity index is 803. The van der Waals surface area contributed by atoms with Gasteiger partial charge in [0.1, 0.15) is 5.75 Å². The fourth-order valence-corrected chi connectivity index (χ4v) is 4.34. The van der Waals surface area contributed by atoms with Crippen LogP contribution in [0.3, 0.4) is 0 Å². The topological polar surface area (TPSA) is 12.5 Å². The SMILES string of the molecule is COc1ccc(N2CC(c3ccccc3)(c3ccccc3)CC2C)cc1. The van der Waals surface area contributed by atoms with Crippen LogP contribution in [0.25, 0.3) is 0 Å². The molecule has 1 atom stereocenters. The Labute approximate surface area is 156 Å². The van der Waals surface area contributed by atoms with Gasteiger partial charge < -0.3 is 9.64 Å². The zero-order valence-electron chi connectivity index (χ0n) is 15.4. The number of hydrogen-bond acceptors (Lipinski definition) is 2. The van der Waals surface area contributed by atoms with Crippen LogP contribution < -0.4 is 9.64 Å². The van der Waals surface area contributed by atoms with E-state index in [1.807, 2.05) is 12.1 Å². The molecule has 0 amide bonds. The molecule has 1 unspecified atom stereocenters. The van der Waals surface area contributed by atoms with E-state index in [2.05, 4.69) is 84.6 Å². The first kappa shape index (κ1) is 16.7. The van der Waals surface area contributed by atoms with E-state index in [1.165, 1.54) is 16.8 Å². The van der Waals surface area contributed by atoms with Crippen molar-refractivity contribution in [3.8, 4) is 5.75 Å². The minimum atomic E-state index is 0.0157. The Kier molecular flexibility index (Phi) is 4.42. The second-order valence-corrected chi connectivity index (χ2v) is 7.19. The Morgan fingerprint density at radius 3 is 1.85 bits per heavy atom. The van der Waals surface area contributed by atoms with E-state index in [-0.39, 0.29) is 5.41 Å². The average molecular weight is 343 g/mol. The smallest absolute Gasteiger partial charge is 0.119 e. The lowest BCUT2D eigenvalue weighted by molar-refractivity contribution is 0.415. The molecule has 3 aromatic rings. The maximum Gasteiger partial charge on any atom is 0.119 e.